The van der Waals surface area contributed by atoms with Crippen molar-refractivity contribution in [1.82, 2.24) is 0 Å². The second-order valence-corrected chi connectivity index (χ2v) is 9.69. The third-order valence-electron chi connectivity index (χ3n) is 6.13. The molecule has 0 atom stereocenters. The average molecular weight is 587 g/mol. The Kier molecular flexibility index (Phi) is 11.2. The molecule has 0 saturated heterocycles. The van der Waals surface area contributed by atoms with Gasteiger partial charge in [0.1, 0.15) is 0 Å². The number of carbonyl (C=O) groups excluding carboxylic acids is 3. The number of ether oxygens (including phenoxy) is 2. The number of carboxylic acid groups (broad SMARTS) is 1. The number of aryl methyl sites for hydroxylation is 2. The van der Waals surface area contributed by atoms with Crippen LogP contribution in [0.15, 0.2) is 84.9 Å². The van der Waals surface area contributed by atoms with Crippen molar-refractivity contribution in [3.63, 3.8) is 0 Å². The molecule has 0 amide bonds. The number of rotatable bonds is 8. The molecule has 0 unspecified atom stereocenters. The average Bonchev–Trinajstić information content (AvgIpc) is 2.98. The van der Waals surface area contributed by atoms with Crippen LogP contribution >= 0.6 is 11.6 Å². The van der Waals surface area contributed by atoms with Gasteiger partial charge in [0.05, 0.1) is 29.9 Å². The van der Waals surface area contributed by atoms with Crippen molar-refractivity contribution >= 4 is 34.8 Å². The summed E-state index contributed by atoms with van der Waals surface area (Å²) in [6.07, 6.45) is 0. The lowest BCUT2D eigenvalue weighted by atomic mass is 9.99. The lowest BCUT2D eigenvalue weighted by Crippen LogP contribution is -2.07. The van der Waals surface area contributed by atoms with E-state index < -0.39 is 23.2 Å². The summed E-state index contributed by atoms with van der Waals surface area (Å²) in [5, 5.41) is 8.58. The highest BCUT2D eigenvalue weighted by Crippen LogP contribution is 2.25. The van der Waals surface area contributed by atoms with Crippen LogP contribution in [0, 0.1) is 13.8 Å². The molecule has 0 aliphatic carbocycles. The van der Waals surface area contributed by atoms with Crippen molar-refractivity contribution in [2.45, 2.75) is 27.7 Å². The monoisotopic (exact) mass is 586 g/mol. The zero-order valence-electron chi connectivity index (χ0n) is 23.8. The molecule has 0 aromatic heterocycles. The SMILES string of the molecule is CCOC(=O)c1cc(C(=O)Cl)cc(-c2ccc(C)cc2)c1.CCOC(=O)c1cc(C(=O)O)cc(-c2ccc(C)cc2)c1. The van der Waals surface area contributed by atoms with Gasteiger partial charge in [-0.2, -0.15) is 0 Å². The van der Waals surface area contributed by atoms with Gasteiger partial charge in [0.25, 0.3) is 5.24 Å². The van der Waals surface area contributed by atoms with Crippen molar-refractivity contribution in [3.8, 4) is 22.3 Å². The van der Waals surface area contributed by atoms with Gasteiger partial charge >= 0.3 is 17.9 Å². The smallest absolute Gasteiger partial charge is 0.338 e. The minimum absolute atomic E-state index is 0.0659. The third kappa shape index (κ3) is 8.62. The molecule has 216 valence electrons. The topological polar surface area (TPSA) is 107 Å². The Balaban J connectivity index is 0.000000230. The first-order chi connectivity index (χ1) is 20.0. The molecular formula is C34H31ClO7. The maximum Gasteiger partial charge on any atom is 0.338 e. The molecule has 0 saturated carbocycles. The second kappa shape index (κ2) is 14.8. The second-order valence-electron chi connectivity index (χ2n) is 9.35. The first-order valence-corrected chi connectivity index (χ1v) is 13.6. The minimum Gasteiger partial charge on any atom is -0.478 e. The molecule has 7 nitrogen and oxygen atoms in total. The largest absolute Gasteiger partial charge is 0.478 e. The molecule has 4 aromatic rings. The van der Waals surface area contributed by atoms with Gasteiger partial charge in [0, 0.05) is 5.56 Å². The normalized spacial score (nSPS) is 10.2. The van der Waals surface area contributed by atoms with Crippen LogP contribution < -0.4 is 0 Å². The molecule has 0 aliphatic rings. The van der Waals surface area contributed by atoms with Crippen molar-refractivity contribution in [1.29, 1.82) is 0 Å². The van der Waals surface area contributed by atoms with E-state index in [0.29, 0.717) is 11.1 Å². The van der Waals surface area contributed by atoms with E-state index in [-0.39, 0.29) is 29.9 Å². The van der Waals surface area contributed by atoms with E-state index in [1.165, 1.54) is 12.1 Å². The Labute approximate surface area is 249 Å². The summed E-state index contributed by atoms with van der Waals surface area (Å²) in [5.41, 5.74) is 6.34. The van der Waals surface area contributed by atoms with E-state index in [0.717, 1.165) is 27.8 Å². The van der Waals surface area contributed by atoms with Crippen LogP contribution in [0.25, 0.3) is 22.3 Å². The summed E-state index contributed by atoms with van der Waals surface area (Å²) in [7, 11) is 0. The first kappa shape index (κ1) is 31.8. The highest BCUT2D eigenvalue weighted by atomic mass is 35.5. The molecule has 42 heavy (non-hydrogen) atoms. The Bertz CT molecular complexity index is 1470. The maximum absolute atomic E-state index is 11.9. The van der Waals surface area contributed by atoms with Gasteiger partial charge in [0.15, 0.2) is 0 Å². The highest BCUT2D eigenvalue weighted by Gasteiger charge is 2.15. The summed E-state index contributed by atoms with van der Waals surface area (Å²) in [6, 6.07) is 24.8. The molecule has 0 heterocycles. The third-order valence-corrected chi connectivity index (χ3v) is 6.35. The van der Waals surface area contributed by atoms with Crippen molar-refractivity contribution in [2.24, 2.45) is 0 Å². The van der Waals surface area contributed by atoms with Gasteiger partial charge < -0.3 is 14.6 Å². The number of halogens is 1. The number of hydrogen-bond acceptors (Lipinski definition) is 6. The van der Waals surface area contributed by atoms with Crippen molar-refractivity contribution in [2.75, 3.05) is 13.2 Å². The maximum atomic E-state index is 11.9. The predicted octanol–water partition coefficient (Wildman–Crippen LogP) is 7.75. The van der Waals surface area contributed by atoms with Crippen LogP contribution in [-0.4, -0.2) is 41.5 Å². The molecular weight excluding hydrogens is 556 g/mol. The fourth-order valence-electron chi connectivity index (χ4n) is 3.98. The van der Waals surface area contributed by atoms with Gasteiger partial charge in [-0.05, 0) is 97.9 Å². The van der Waals surface area contributed by atoms with Gasteiger partial charge in [-0.3, -0.25) is 4.79 Å². The van der Waals surface area contributed by atoms with Crippen LogP contribution in [0.1, 0.15) is 66.4 Å². The number of carbonyl (C=O) groups is 4. The molecule has 4 aromatic carbocycles. The number of aromatic carboxylic acids is 1. The van der Waals surface area contributed by atoms with Crippen LogP contribution in [0.2, 0.25) is 0 Å². The zero-order valence-corrected chi connectivity index (χ0v) is 24.5. The predicted molar refractivity (Wildman–Crippen MR) is 162 cm³/mol. The molecule has 0 spiro atoms. The van der Waals surface area contributed by atoms with E-state index >= 15 is 0 Å². The molecule has 4 rings (SSSR count). The van der Waals surface area contributed by atoms with Crippen LogP contribution in [0.5, 0.6) is 0 Å². The van der Waals surface area contributed by atoms with E-state index in [9.17, 15) is 24.3 Å². The number of benzene rings is 4. The highest BCUT2D eigenvalue weighted by molar-refractivity contribution is 6.67. The summed E-state index contributed by atoms with van der Waals surface area (Å²) in [5.74, 6) is -2.06. The van der Waals surface area contributed by atoms with E-state index in [4.69, 9.17) is 21.1 Å². The molecule has 8 heteroatoms. The minimum atomic E-state index is -1.07. The lowest BCUT2D eigenvalue weighted by molar-refractivity contribution is 0.0516. The Hall–Kier alpha value is -4.75. The van der Waals surface area contributed by atoms with Crippen LogP contribution in [-0.2, 0) is 9.47 Å². The van der Waals surface area contributed by atoms with Gasteiger partial charge in [-0.1, -0.05) is 59.7 Å². The van der Waals surface area contributed by atoms with Gasteiger partial charge in [0.2, 0.25) is 0 Å². The molecule has 1 N–H and O–H groups in total. The summed E-state index contributed by atoms with van der Waals surface area (Å²) in [4.78, 5) is 46.4. The fourth-order valence-corrected chi connectivity index (χ4v) is 4.09. The quantitative estimate of drug-likeness (QED) is 0.166. The molecule has 0 fully saturated rings. The van der Waals surface area contributed by atoms with Crippen LogP contribution in [0.3, 0.4) is 0 Å². The first-order valence-electron chi connectivity index (χ1n) is 13.2. The standard InChI is InChI=1S/C17H15ClO3.C17H16O4/c2*1-3-21-17(20)15-9-13(8-14(10-15)16(18)19)12-6-4-11(2)5-7-12/h4-10H,3H2,1-2H3;4-10H,3H2,1-2H3,(H,18,19). The lowest BCUT2D eigenvalue weighted by Gasteiger charge is -2.08. The van der Waals surface area contributed by atoms with E-state index in [1.54, 1.807) is 38.1 Å². The molecule has 0 radical (unpaired) electrons. The van der Waals surface area contributed by atoms with Crippen molar-refractivity contribution < 1.29 is 33.8 Å². The van der Waals surface area contributed by atoms with Crippen molar-refractivity contribution in [3.05, 3.63) is 118 Å². The van der Waals surface area contributed by atoms with Gasteiger partial charge in [-0.25, -0.2) is 14.4 Å². The zero-order chi connectivity index (χ0) is 30.8. The Morgan fingerprint density at radius 1 is 0.571 bits per heavy atom. The molecule has 0 bridgehead atoms. The number of esters is 2. The summed E-state index contributed by atoms with van der Waals surface area (Å²) in [6.45, 7) is 7.93. The number of carboxylic acids is 1. The van der Waals surface area contributed by atoms with E-state index in [2.05, 4.69) is 0 Å². The fraction of sp³-hybridized carbons (Fsp3) is 0.176. The van der Waals surface area contributed by atoms with Crippen LogP contribution in [0.4, 0.5) is 0 Å². The Morgan fingerprint density at radius 3 is 1.29 bits per heavy atom. The summed E-state index contributed by atoms with van der Waals surface area (Å²) < 4.78 is 9.92. The number of hydrogen-bond donors (Lipinski definition) is 1. The van der Waals surface area contributed by atoms with Gasteiger partial charge in [-0.15, -0.1) is 0 Å². The summed E-state index contributed by atoms with van der Waals surface area (Å²) >= 11 is 5.55. The van der Waals surface area contributed by atoms with E-state index in [1.807, 2.05) is 62.4 Å². The molecule has 0 aliphatic heterocycles. The Morgan fingerprint density at radius 2 is 0.929 bits per heavy atom.